The second-order valence-corrected chi connectivity index (χ2v) is 8.47. The molecule has 0 spiro atoms. The maximum Gasteiger partial charge on any atom is 0.309 e. The average Bonchev–Trinajstić information content (AvgIpc) is 2.55. The fraction of sp³-hybridized carbons (Fsp3) is 0.778. The molecule has 1 fully saturated rings. The third-order valence-corrected chi connectivity index (χ3v) is 4.75. The lowest BCUT2D eigenvalue weighted by Gasteiger charge is -2.40. The Morgan fingerprint density at radius 2 is 2.00 bits per heavy atom. The van der Waals surface area contributed by atoms with Crippen molar-refractivity contribution >= 4 is 11.8 Å². The van der Waals surface area contributed by atoms with Crippen LogP contribution in [0.15, 0.2) is 11.6 Å². The molecule has 0 aromatic carbocycles. The van der Waals surface area contributed by atoms with Crippen molar-refractivity contribution < 1.29 is 19.4 Å². The zero-order chi connectivity index (χ0) is 16.9. The largest absolute Gasteiger partial charge is 0.460 e. The van der Waals surface area contributed by atoms with E-state index in [4.69, 9.17) is 4.74 Å². The molecule has 1 saturated carbocycles. The van der Waals surface area contributed by atoms with Crippen LogP contribution in [0.25, 0.3) is 0 Å². The van der Waals surface area contributed by atoms with E-state index >= 15 is 0 Å². The molecule has 0 aromatic heterocycles. The SMILES string of the molecule is C[C@@H]1CC[C@](O)(CC(=O)OC(C)(C)C)C2=CC(C)(C)C(=O)[C@H]21. The highest BCUT2D eigenvalue weighted by atomic mass is 16.6. The number of ketones is 1. The number of carbonyl (C=O) groups excluding carboxylic acids is 2. The molecule has 124 valence electrons. The normalized spacial score (nSPS) is 34.1. The van der Waals surface area contributed by atoms with Crippen molar-refractivity contribution in [3.8, 4) is 0 Å². The summed E-state index contributed by atoms with van der Waals surface area (Å²) in [5, 5.41) is 11.1. The first-order valence-electron chi connectivity index (χ1n) is 8.07. The third-order valence-electron chi connectivity index (χ3n) is 4.75. The highest BCUT2D eigenvalue weighted by molar-refractivity contribution is 5.95. The summed E-state index contributed by atoms with van der Waals surface area (Å²) in [5.41, 5.74) is -1.66. The number of allylic oxidation sites excluding steroid dienone is 1. The molecule has 2 rings (SSSR count). The molecule has 2 aliphatic rings. The van der Waals surface area contributed by atoms with E-state index in [1.807, 2.05) is 47.6 Å². The number of ether oxygens (including phenoxy) is 1. The topological polar surface area (TPSA) is 63.6 Å². The van der Waals surface area contributed by atoms with Crippen LogP contribution >= 0.6 is 0 Å². The standard InChI is InChI=1S/C18H28O4/c1-11-7-8-18(21,10-13(19)22-16(2,3)4)12-9-17(5,6)15(20)14(11)12/h9,11,14,21H,7-8,10H2,1-6H3/t11-,14+,18+/m1/s1. The van der Waals surface area contributed by atoms with Crippen LogP contribution < -0.4 is 0 Å². The highest BCUT2D eigenvalue weighted by Crippen LogP contribution is 2.51. The van der Waals surface area contributed by atoms with Crippen LogP contribution in [0.1, 0.15) is 60.8 Å². The van der Waals surface area contributed by atoms with Gasteiger partial charge >= 0.3 is 5.97 Å². The molecule has 0 aromatic rings. The van der Waals surface area contributed by atoms with Crippen molar-refractivity contribution in [1.29, 1.82) is 0 Å². The van der Waals surface area contributed by atoms with E-state index < -0.39 is 22.6 Å². The Balaban J connectivity index is 2.27. The molecule has 0 heterocycles. The van der Waals surface area contributed by atoms with Crippen LogP contribution in [-0.2, 0) is 14.3 Å². The maximum absolute atomic E-state index is 12.6. The van der Waals surface area contributed by atoms with Gasteiger partial charge in [-0.05, 0) is 59.0 Å². The van der Waals surface area contributed by atoms with Crippen molar-refractivity contribution in [2.24, 2.45) is 17.3 Å². The monoisotopic (exact) mass is 308 g/mol. The van der Waals surface area contributed by atoms with E-state index in [1.54, 1.807) is 0 Å². The minimum absolute atomic E-state index is 0.0807. The van der Waals surface area contributed by atoms with Crippen LogP contribution in [0.3, 0.4) is 0 Å². The van der Waals surface area contributed by atoms with E-state index in [2.05, 4.69) is 0 Å². The van der Waals surface area contributed by atoms with Crippen molar-refractivity contribution in [1.82, 2.24) is 0 Å². The molecule has 0 amide bonds. The quantitative estimate of drug-likeness (QED) is 0.629. The van der Waals surface area contributed by atoms with Gasteiger partial charge in [0.05, 0.1) is 12.0 Å². The molecule has 0 radical (unpaired) electrons. The number of hydrogen-bond donors (Lipinski definition) is 1. The number of rotatable bonds is 2. The number of fused-ring (bicyclic) bond motifs is 1. The molecule has 0 aliphatic heterocycles. The third kappa shape index (κ3) is 3.12. The van der Waals surface area contributed by atoms with Gasteiger partial charge in [-0.3, -0.25) is 9.59 Å². The van der Waals surface area contributed by atoms with Crippen LogP contribution in [-0.4, -0.2) is 28.1 Å². The minimum Gasteiger partial charge on any atom is -0.460 e. The van der Waals surface area contributed by atoms with Gasteiger partial charge in [0.2, 0.25) is 0 Å². The molecule has 0 saturated heterocycles. The van der Waals surface area contributed by atoms with E-state index in [0.717, 1.165) is 12.0 Å². The molecule has 22 heavy (non-hydrogen) atoms. The molecule has 4 nitrogen and oxygen atoms in total. The van der Waals surface area contributed by atoms with Crippen LogP contribution in [0.2, 0.25) is 0 Å². The van der Waals surface area contributed by atoms with Crippen LogP contribution in [0.4, 0.5) is 0 Å². The second kappa shape index (κ2) is 5.19. The van der Waals surface area contributed by atoms with Gasteiger partial charge < -0.3 is 9.84 Å². The molecule has 4 heteroatoms. The Labute approximate surface area is 132 Å². The van der Waals surface area contributed by atoms with Crippen molar-refractivity contribution in [3.63, 3.8) is 0 Å². The Morgan fingerprint density at radius 1 is 1.41 bits per heavy atom. The van der Waals surface area contributed by atoms with E-state index in [-0.39, 0.29) is 24.0 Å². The first-order chi connectivity index (χ1) is 9.86. The Hall–Kier alpha value is -1.16. The Bertz CT molecular complexity index is 524. The molecular weight excluding hydrogens is 280 g/mol. The zero-order valence-corrected chi connectivity index (χ0v) is 14.5. The summed E-state index contributed by atoms with van der Waals surface area (Å²) >= 11 is 0. The maximum atomic E-state index is 12.6. The fourth-order valence-corrected chi connectivity index (χ4v) is 3.66. The van der Waals surface area contributed by atoms with Crippen molar-refractivity contribution in [3.05, 3.63) is 11.6 Å². The number of aliphatic hydroxyl groups is 1. The summed E-state index contributed by atoms with van der Waals surface area (Å²) in [6.07, 6.45) is 3.03. The highest BCUT2D eigenvalue weighted by Gasteiger charge is 2.53. The summed E-state index contributed by atoms with van der Waals surface area (Å²) in [4.78, 5) is 24.7. The molecule has 3 atom stereocenters. The lowest BCUT2D eigenvalue weighted by Crippen LogP contribution is -2.44. The van der Waals surface area contributed by atoms with Gasteiger partial charge in [0.25, 0.3) is 0 Å². The van der Waals surface area contributed by atoms with Crippen LogP contribution in [0, 0.1) is 17.3 Å². The lowest BCUT2D eigenvalue weighted by atomic mass is 9.68. The summed E-state index contributed by atoms with van der Waals surface area (Å²) in [7, 11) is 0. The van der Waals surface area contributed by atoms with Gasteiger partial charge in [0.1, 0.15) is 11.4 Å². The number of carbonyl (C=O) groups is 2. The Kier molecular flexibility index (Phi) is 4.06. The van der Waals surface area contributed by atoms with E-state index in [1.165, 1.54) is 0 Å². The Morgan fingerprint density at radius 3 is 2.55 bits per heavy atom. The number of esters is 1. The van der Waals surface area contributed by atoms with Gasteiger partial charge in [0, 0.05) is 11.3 Å². The summed E-state index contributed by atoms with van der Waals surface area (Å²) in [5.74, 6) is -0.325. The van der Waals surface area contributed by atoms with E-state index in [0.29, 0.717) is 6.42 Å². The summed E-state index contributed by atoms with van der Waals surface area (Å²) < 4.78 is 5.35. The summed E-state index contributed by atoms with van der Waals surface area (Å²) in [6.45, 7) is 11.2. The first kappa shape index (κ1) is 17.2. The van der Waals surface area contributed by atoms with Gasteiger partial charge in [0.15, 0.2) is 0 Å². The molecular formula is C18H28O4. The predicted octanol–water partition coefficient (Wildman–Crippen LogP) is 3.03. The molecule has 1 N–H and O–H groups in total. The van der Waals surface area contributed by atoms with Gasteiger partial charge in [-0.15, -0.1) is 0 Å². The first-order valence-corrected chi connectivity index (χ1v) is 8.07. The van der Waals surface area contributed by atoms with Crippen molar-refractivity contribution in [2.75, 3.05) is 0 Å². The van der Waals surface area contributed by atoms with Crippen molar-refractivity contribution in [2.45, 2.75) is 72.0 Å². The fourth-order valence-electron chi connectivity index (χ4n) is 3.66. The average molecular weight is 308 g/mol. The van der Waals surface area contributed by atoms with Gasteiger partial charge in [-0.2, -0.15) is 0 Å². The molecule has 0 unspecified atom stereocenters. The molecule has 0 bridgehead atoms. The van der Waals surface area contributed by atoms with E-state index in [9.17, 15) is 14.7 Å². The lowest BCUT2D eigenvalue weighted by molar-refractivity contribution is -0.160. The zero-order valence-electron chi connectivity index (χ0n) is 14.5. The second-order valence-electron chi connectivity index (χ2n) is 8.47. The van der Waals surface area contributed by atoms with Gasteiger partial charge in [-0.1, -0.05) is 13.0 Å². The predicted molar refractivity (Wildman–Crippen MR) is 84.2 cm³/mol. The summed E-state index contributed by atoms with van der Waals surface area (Å²) in [6, 6.07) is 0. The van der Waals surface area contributed by atoms with Gasteiger partial charge in [-0.25, -0.2) is 0 Å². The number of Topliss-reactive ketones (excluding diaryl/α,β-unsaturated/α-hetero) is 1. The smallest absolute Gasteiger partial charge is 0.309 e. The van der Waals surface area contributed by atoms with Crippen LogP contribution in [0.5, 0.6) is 0 Å². The molecule has 2 aliphatic carbocycles. The number of hydrogen-bond acceptors (Lipinski definition) is 4. The minimum atomic E-state index is -1.25.